The first-order valence-corrected chi connectivity index (χ1v) is 7.49. The van der Waals surface area contributed by atoms with Gasteiger partial charge >= 0.3 is 0 Å². The van der Waals surface area contributed by atoms with Gasteiger partial charge in [0, 0.05) is 31.7 Å². The number of rotatable bonds is 5. The standard InChI is InChI=1S/C14H27N3O3/c1-14(2)10-19-8-7-17(14)6-5-16-13(18)12-4-3-11(9-15)20-12/h11-12H,3-10,15H2,1-2H3,(H,16,18)/t11-,12+/m1/s1. The average Bonchev–Trinajstić information content (AvgIpc) is 2.89. The van der Waals surface area contributed by atoms with Crippen molar-refractivity contribution in [2.75, 3.05) is 39.4 Å². The zero-order valence-electron chi connectivity index (χ0n) is 12.6. The molecular weight excluding hydrogens is 258 g/mol. The maximum absolute atomic E-state index is 12.0. The van der Waals surface area contributed by atoms with E-state index in [4.69, 9.17) is 15.2 Å². The lowest BCUT2D eigenvalue weighted by molar-refractivity contribution is -0.132. The van der Waals surface area contributed by atoms with Crippen LogP contribution in [0, 0.1) is 0 Å². The first-order chi connectivity index (χ1) is 9.53. The Morgan fingerprint density at radius 1 is 1.45 bits per heavy atom. The number of nitrogens with zero attached hydrogens (tertiary/aromatic N) is 1. The monoisotopic (exact) mass is 285 g/mol. The Morgan fingerprint density at radius 2 is 2.25 bits per heavy atom. The number of hydrogen-bond acceptors (Lipinski definition) is 5. The molecular formula is C14H27N3O3. The van der Waals surface area contributed by atoms with Gasteiger partial charge in [0.25, 0.3) is 0 Å². The number of morpholine rings is 1. The third kappa shape index (κ3) is 3.91. The number of carbonyl (C=O) groups is 1. The van der Waals surface area contributed by atoms with Crippen LogP contribution in [0.1, 0.15) is 26.7 Å². The lowest BCUT2D eigenvalue weighted by atomic mass is 10.0. The van der Waals surface area contributed by atoms with Crippen LogP contribution in [0.4, 0.5) is 0 Å². The van der Waals surface area contributed by atoms with Gasteiger partial charge in [0.15, 0.2) is 0 Å². The SMILES string of the molecule is CC1(C)COCCN1CCNC(=O)[C@@H]1CC[C@H](CN)O1. The van der Waals surface area contributed by atoms with Gasteiger partial charge in [-0.3, -0.25) is 9.69 Å². The second-order valence-corrected chi connectivity index (χ2v) is 6.20. The topological polar surface area (TPSA) is 76.8 Å². The van der Waals surface area contributed by atoms with Crippen LogP contribution in [0.15, 0.2) is 0 Å². The zero-order chi connectivity index (χ0) is 14.6. The van der Waals surface area contributed by atoms with Crippen molar-refractivity contribution >= 4 is 5.91 Å². The number of amides is 1. The second-order valence-electron chi connectivity index (χ2n) is 6.20. The van der Waals surface area contributed by atoms with Crippen LogP contribution in [0.3, 0.4) is 0 Å². The van der Waals surface area contributed by atoms with Crippen LogP contribution < -0.4 is 11.1 Å². The average molecular weight is 285 g/mol. The summed E-state index contributed by atoms with van der Waals surface area (Å²) in [6.45, 7) is 8.74. The van der Waals surface area contributed by atoms with Gasteiger partial charge < -0.3 is 20.5 Å². The van der Waals surface area contributed by atoms with Crippen LogP contribution in [0.2, 0.25) is 0 Å². The van der Waals surface area contributed by atoms with Gasteiger partial charge in [0.05, 0.1) is 19.3 Å². The van der Waals surface area contributed by atoms with E-state index < -0.39 is 0 Å². The third-order valence-electron chi connectivity index (χ3n) is 4.16. The molecule has 3 N–H and O–H groups in total. The summed E-state index contributed by atoms with van der Waals surface area (Å²) in [5, 5.41) is 2.97. The lowest BCUT2D eigenvalue weighted by Crippen LogP contribution is -2.55. The molecule has 2 fully saturated rings. The molecule has 0 aromatic heterocycles. The highest BCUT2D eigenvalue weighted by Gasteiger charge is 2.31. The van der Waals surface area contributed by atoms with Crippen LogP contribution in [-0.2, 0) is 14.3 Å². The molecule has 0 aromatic rings. The first-order valence-electron chi connectivity index (χ1n) is 7.49. The van der Waals surface area contributed by atoms with E-state index in [0.717, 1.165) is 39.1 Å². The van der Waals surface area contributed by atoms with Crippen LogP contribution >= 0.6 is 0 Å². The molecule has 0 bridgehead atoms. The molecule has 2 saturated heterocycles. The molecule has 116 valence electrons. The Hall–Kier alpha value is -0.690. The van der Waals surface area contributed by atoms with E-state index in [-0.39, 0.29) is 23.7 Å². The molecule has 6 heteroatoms. The highest BCUT2D eigenvalue weighted by molar-refractivity contribution is 5.81. The van der Waals surface area contributed by atoms with Crippen molar-refractivity contribution in [3.8, 4) is 0 Å². The molecule has 0 unspecified atom stereocenters. The van der Waals surface area contributed by atoms with Crippen molar-refractivity contribution in [3.05, 3.63) is 0 Å². The third-order valence-corrected chi connectivity index (χ3v) is 4.16. The summed E-state index contributed by atoms with van der Waals surface area (Å²) < 4.78 is 11.1. The Labute approximate surface area is 121 Å². The van der Waals surface area contributed by atoms with E-state index >= 15 is 0 Å². The summed E-state index contributed by atoms with van der Waals surface area (Å²) in [5.41, 5.74) is 5.59. The number of nitrogens with one attached hydrogen (secondary N) is 1. The molecule has 2 aliphatic rings. The van der Waals surface area contributed by atoms with E-state index in [2.05, 4.69) is 24.1 Å². The van der Waals surface area contributed by atoms with E-state index in [9.17, 15) is 4.79 Å². The van der Waals surface area contributed by atoms with Crippen molar-refractivity contribution in [2.45, 2.75) is 44.4 Å². The predicted molar refractivity (Wildman–Crippen MR) is 76.4 cm³/mol. The molecule has 0 radical (unpaired) electrons. The molecule has 2 atom stereocenters. The molecule has 2 heterocycles. The summed E-state index contributed by atoms with van der Waals surface area (Å²) in [6, 6.07) is 0. The van der Waals surface area contributed by atoms with Gasteiger partial charge in [-0.15, -0.1) is 0 Å². The first kappa shape index (κ1) is 15.7. The number of carbonyl (C=O) groups excluding carboxylic acids is 1. The Bertz CT molecular complexity index is 336. The Balaban J connectivity index is 1.69. The molecule has 0 spiro atoms. The molecule has 0 aromatic carbocycles. The van der Waals surface area contributed by atoms with Crippen molar-refractivity contribution in [3.63, 3.8) is 0 Å². The smallest absolute Gasteiger partial charge is 0.249 e. The Morgan fingerprint density at radius 3 is 2.90 bits per heavy atom. The molecule has 20 heavy (non-hydrogen) atoms. The van der Waals surface area contributed by atoms with E-state index in [1.807, 2.05) is 0 Å². The minimum absolute atomic E-state index is 0.00739. The molecule has 2 rings (SSSR count). The Kier molecular flexibility index (Phi) is 5.37. The normalized spacial score (nSPS) is 30.4. The van der Waals surface area contributed by atoms with Gasteiger partial charge in [-0.05, 0) is 26.7 Å². The maximum atomic E-state index is 12.0. The van der Waals surface area contributed by atoms with Gasteiger partial charge in [0.2, 0.25) is 5.91 Å². The quantitative estimate of drug-likeness (QED) is 0.726. The molecule has 1 amide bonds. The fourth-order valence-electron chi connectivity index (χ4n) is 2.80. The van der Waals surface area contributed by atoms with E-state index in [1.165, 1.54) is 0 Å². The number of hydrogen-bond donors (Lipinski definition) is 2. The van der Waals surface area contributed by atoms with Crippen LogP contribution in [-0.4, -0.2) is 67.9 Å². The number of ether oxygens (including phenoxy) is 2. The van der Waals surface area contributed by atoms with Crippen LogP contribution in [0.25, 0.3) is 0 Å². The summed E-state index contributed by atoms with van der Waals surface area (Å²) in [6.07, 6.45) is 1.38. The summed E-state index contributed by atoms with van der Waals surface area (Å²) >= 11 is 0. The number of nitrogens with two attached hydrogens (primary N) is 1. The minimum Gasteiger partial charge on any atom is -0.378 e. The van der Waals surface area contributed by atoms with Crippen molar-refractivity contribution in [1.82, 2.24) is 10.2 Å². The van der Waals surface area contributed by atoms with Gasteiger partial charge in [-0.1, -0.05) is 0 Å². The van der Waals surface area contributed by atoms with Crippen molar-refractivity contribution in [1.29, 1.82) is 0 Å². The summed E-state index contributed by atoms with van der Waals surface area (Å²) in [5.74, 6) is -0.00739. The summed E-state index contributed by atoms with van der Waals surface area (Å²) in [7, 11) is 0. The summed E-state index contributed by atoms with van der Waals surface area (Å²) in [4.78, 5) is 14.3. The van der Waals surface area contributed by atoms with Crippen LogP contribution in [0.5, 0.6) is 0 Å². The van der Waals surface area contributed by atoms with Crippen molar-refractivity contribution < 1.29 is 14.3 Å². The largest absolute Gasteiger partial charge is 0.378 e. The van der Waals surface area contributed by atoms with Gasteiger partial charge in [0.1, 0.15) is 6.10 Å². The minimum atomic E-state index is -0.318. The second kappa shape index (κ2) is 6.85. The molecule has 6 nitrogen and oxygen atoms in total. The van der Waals surface area contributed by atoms with E-state index in [0.29, 0.717) is 13.1 Å². The lowest BCUT2D eigenvalue weighted by Gasteiger charge is -2.42. The fourth-order valence-corrected chi connectivity index (χ4v) is 2.80. The van der Waals surface area contributed by atoms with Crippen molar-refractivity contribution in [2.24, 2.45) is 5.73 Å². The highest BCUT2D eigenvalue weighted by atomic mass is 16.5. The zero-order valence-corrected chi connectivity index (χ0v) is 12.6. The predicted octanol–water partition coefficient (Wildman–Crippen LogP) is -0.280. The molecule has 2 aliphatic heterocycles. The van der Waals surface area contributed by atoms with Gasteiger partial charge in [-0.25, -0.2) is 0 Å². The molecule has 0 saturated carbocycles. The van der Waals surface area contributed by atoms with Gasteiger partial charge in [-0.2, -0.15) is 0 Å². The maximum Gasteiger partial charge on any atom is 0.249 e. The highest BCUT2D eigenvalue weighted by Crippen LogP contribution is 2.19. The fraction of sp³-hybridized carbons (Fsp3) is 0.929. The molecule has 0 aliphatic carbocycles. The van der Waals surface area contributed by atoms with E-state index in [1.54, 1.807) is 0 Å².